The lowest BCUT2D eigenvalue weighted by Gasteiger charge is -2.17. The van der Waals surface area contributed by atoms with E-state index in [-0.39, 0.29) is 0 Å². The van der Waals surface area contributed by atoms with Crippen LogP contribution in [0.4, 0.5) is 0 Å². The van der Waals surface area contributed by atoms with Gasteiger partial charge in [0.25, 0.3) is 0 Å². The van der Waals surface area contributed by atoms with Gasteiger partial charge in [0, 0.05) is 41.8 Å². The van der Waals surface area contributed by atoms with E-state index in [1.54, 1.807) is 12.4 Å². The molecule has 0 aromatic carbocycles. The Balaban J connectivity index is 2.06. The lowest BCUT2D eigenvalue weighted by atomic mass is 10.5. The summed E-state index contributed by atoms with van der Waals surface area (Å²) >= 11 is 12.3. The van der Waals surface area contributed by atoms with Gasteiger partial charge >= 0.3 is 0 Å². The van der Waals surface area contributed by atoms with Crippen LogP contribution in [0.25, 0.3) is 11.6 Å². The van der Waals surface area contributed by atoms with Gasteiger partial charge in [0.05, 0.1) is 0 Å². The van der Waals surface area contributed by atoms with Gasteiger partial charge in [0.2, 0.25) is 0 Å². The minimum absolute atomic E-state index is 0.375. The maximum Gasteiger partial charge on any atom is 0.179 e. The molecule has 0 fully saturated rings. The number of aromatic nitrogens is 4. The van der Waals surface area contributed by atoms with Crippen LogP contribution in [0.1, 0.15) is 0 Å². The molecule has 0 aliphatic heterocycles. The number of halogens is 2. The molecular weight excluding hydrogens is 431 g/mol. The van der Waals surface area contributed by atoms with E-state index in [0.717, 1.165) is 25.3 Å². The first-order valence-corrected chi connectivity index (χ1v) is 17.7. The van der Waals surface area contributed by atoms with E-state index in [1.165, 1.54) is 0 Å². The van der Waals surface area contributed by atoms with Crippen molar-refractivity contribution < 1.29 is 9.47 Å². The summed E-state index contributed by atoms with van der Waals surface area (Å²) in [7, 11) is -2.26. The smallest absolute Gasteiger partial charge is 0.179 e. The van der Waals surface area contributed by atoms with E-state index >= 15 is 0 Å². The normalized spacial score (nSPS) is 12.7. The highest BCUT2D eigenvalue weighted by atomic mass is 35.5. The lowest BCUT2D eigenvalue weighted by molar-refractivity contribution is 0.0845. The Hall–Kier alpha value is -0.646. The Morgan fingerprint density at radius 1 is 0.750 bits per heavy atom. The minimum atomic E-state index is -1.13. The molecule has 0 aliphatic carbocycles. The molecule has 2 heterocycles. The third kappa shape index (κ3) is 8.00. The zero-order valence-electron chi connectivity index (χ0n) is 17.8. The largest absolute Gasteiger partial charge is 0.361 e. The van der Waals surface area contributed by atoms with Gasteiger partial charge in [-0.3, -0.25) is 0 Å². The van der Waals surface area contributed by atoms with Gasteiger partial charge < -0.3 is 18.6 Å². The number of rotatable bonds is 11. The third-order valence-corrected chi connectivity index (χ3v) is 7.92. The van der Waals surface area contributed by atoms with E-state index in [2.05, 4.69) is 49.3 Å². The number of hydrogen-bond acceptors (Lipinski definition) is 4. The first-order valence-electron chi connectivity index (χ1n) is 9.56. The maximum absolute atomic E-state index is 6.16. The average Bonchev–Trinajstić information content (AvgIpc) is 3.08. The lowest BCUT2D eigenvalue weighted by Crippen LogP contribution is -2.22. The van der Waals surface area contributed by atoms with Crippen molar-refractivity contribution in [2.45, 2.75) is 64.8 Å². The zero-order valence-corrected chi connectivity index (χ0v) is 21.3. The molecule has 10 heteroatoms. The Morgan fingerprint density at radius 3 is 1.43 bits per heavy atom. The summed E-state index contributed by atoms with van der Waals surface area (Å²) in [4.78, 5) is 8.83. The topological polar surface area (TPSA) is 54.1 Å². The van der Waals surface area contributed by atoms with Gasteiger partial charge in [-0.15, -0.1) is 0 Å². The molecule has 0 spiro atoms. The second kappa shape index (κ2) is 9.91. The van der Waals surface area contributed by atoms with Crippen LogP contribution in [0, 0.1) is 0 Å². The fourth-order valence-corrected chi connectivity index (χ4v) is 4.31. The van der Waals surface area contributed by atoms with Crippen molar-refractivity contribution in [2.75, 3.05) is 13.2 Å². The molecule has 0 radical (unpaired) electrons. The van der Waals surface area contributed by atoms with E-state index in [9.17, 15) is 0 Å². The van der Waals surface area contributed by atoms with E-state index < -0.39 is 16.1 Å². The molecule has 2 aromatic heterocycles. The summed E-state index contributed by atoms with van der Waals surface area (Å²) < 4.78 is 15.4. The van der Waals surface area contributed by atoms with Gasteiger partial charge in [-0.1, -0.05) is 62.5 Å². The molecule has 0 unspecified atom stereocenters. The molecule has 0 bridgehead atoms. The van der Waals surface area contributed by atoms with Crippen molar-refractivity contribution in [1.29, 1.82) is 0 Å². The zero-order chi connectivity index (χ0) is 20.9. The highest BCUT2D eigenvalue weighted by Crippen LogP contribution is 2.23. The van der Waals surface area contributed by atoms with Gasteiger partial charge in [0.15, 0.2) is 11.6 Å². The average molecular weight is 464 g/mol. The second-order valence-corrected chi connectivity index (χ2v) is 21.4. The first-order chi connectivity index (χ1) is 12.9. The molecule has 0 saturated carbocycles. The number of hydrogen-bond donors (Lipinski definition) is 0. The van der Waals surface area contributed by atoms with Gasteiger partial charge in [0.1, 0.15) is 23.8 Å². The summed E-state index contributed by atoms with van der Waals surface area (Å²) in [6.45, 7) is 16.2. The van der Waals surface area contributed by atoms with E-state index in [1.807, 2.05) is 9.13 Å². The number of imidazole rings is 2. The molecule has 28 heavy (non-hydrogen) atoms. The summed E-state index contributed by atoms with van der Waals surface area (Å²) in [5, 5.41) is 0.795. The van der Waals surface area contributed by atoms with Crippen LogP contribution in [0.2, 0.25) is 61.7 Å². The van der Waals surface area contributed by atoms with Gasteiger partial charge in [-0.05, 0) is 12.1 Å². The third-order valence-electron chi connectivity index (χ3n) is 4.15. The van der Waals surface area contributed by atoms with Crippen LogP contribution in [0.15, 0.2) is 12.4 Å². The van der Waals surface area contributed by atoms with Gasteiger partial charge in [-0.25, -0.2) is 9.97 Å². The predicted octanol–water partition coefficient (Wildman–Crippen LogP) is 5.68. The van der Waals surface area contributed by atoms with Crippen LogP contribution >= 0.6 is 23.2 Å². The maximum atomic E-state index is 6.16. The second-order valence-electron chi connectivity index (χ2n) is 9.41. The van der Waals surface area contributed by atoms with Crippen molar-refractivity contribution in [3.63, 3.8) is 0 Å². The molecule has 2 rings (SSSR count). The van der Waals surface area contributed by atoms with Gasteiger partial charge in [-0.2, -0.15) is 0 Å². The standard InChI is InChI=1S/C18H32Cl2N4O2Si2/c1-27(2,3)9-7-25-13-23-11-15(19)21-17(23)18-22-16(20)12-24(18)14-26-8-10-28(4,5)6/h11-12H,7-10,13-14H2,1-6H3. The molecular formula is C18H32Cl2N4O2Si2. The number of ether oxygens (including phenoxy) is 2. The Kier molecular flexibility index (Phi) is 8.36. The van der Waals surface area contributed by atoms with Crippen LogP contribution in [-0.2, 0) is 22.9 Å². The fraction of sp³-hybridized carbons (Fsp3) is 0.667. The summed E-state index contributed by atoms with van der Waals surface area (Å²) in [6, 6.07) is 2.21. The highest BCUT2D eigenvalue weighted by Gasteiger charge is 2.18. The van der Waals surface area contributed by atoms with Crippen LogP contribution in [0.3, 0.4) is 0 Å². The molecule has 2 aromatic rings. The van der Waals surface area contributed by atoms with Crippen molar-refractivity contribution in [2.24, 2.45) is 0 Å². The SMILES string of the molecule is C[Si](C)(C)CCOCn1cc(Cl)nc1-c1nc(Cl)cn1COCC[Si](C)(C)C. The molecule has 158 valence electrons. The minimum Gasteiger partial charge on any atom is -0.361 e. The number of nitrogens with zero attached hydrogens (tertiary/aromatic N) is 4. The Bertz CT molecular complexity index is 702. The first kappa shape index (κ1) is 23.6. The molecule has 0 amide bonds. The van der Waals surface area contributed by atoms with Crippen LogP contribution < -0.4 is 0 Å². The summed E-state index contributed by atoms with van der Waals surface area (Å²) in [5.41, 5.74) is 0. The summed E-state index contributed by atoms with van der Waals surface area (Å²) in [5.74, 6) is 1.25. The van der Waals surface area contributed by atoms with E-state index in [0.29, 0.717) is 35.4 Å². The molecule has 6 nitrogen and oxygen atoms in total. The summed E-state index contributed by atoms with van der Waals surface area (Å²) in [6.07, 6.45) is 3.51. The molecule has 0 atom stereocenters. The quantitative estimate of drug-likeness (QED) is 0.318. The fourth-order valence-electron chi connectivity index (χ4n) is 2.40. The van der Waals surface area contributed by atoms with Crippen molar-refractivity contribution in [3.8, 4) is 11.6 Å². The Labute approximate surface area is 180 Å². The van der Waals surface area contributed by atoms with Crippen molar-refractivity contribution in [3.05, 3.63) is 22.7 Å². The molecule has 0 saturated heterocycles. The predicted molar refractivity (Wildman–Crippen MR) is 122 cm³/mol. The molecule has 0 N–H and O–H groups in total. The Morgan fingerprint density at radius 2 is 1.11 bits per heavy atom. The molecule has 0 aliphatic rings. The van der Waals surface area contributed by atoms with Crippen LogP contribution in [-0.4, -0.2) is 48.5 Å². The van der Waals surface area contributed by atoms with Crippen molar-refractivity contribution in [1.82, 2.24) is 19.1 Å². The highest BCUT2D eigenvalue weighted by molar-refractivity contribution is 6.76. The van der Waals surface area contributed by atoms with Crippen molar-refractivity contribution >= 4 is 39.3 Å². The van der Waals surface area contributed by atoms with E-state index in [4.69, 9.17) is 32.7 Å². The van der Waals surface area contributed by atoms with Crippen LogP contribution in [0.5, 0.6) is 0 Å². The monoisotopic (exact) mass is 462 g/mol.